The first-order chi connectivity index (χ1) is 9.79. The second kappa shape index (κ2) is 8.33. The Morgan fingerprint density at radius 2 is 1.90 bits per heavy atom. The lowest BCUT2D eigenvalue weighted by Crippen LogP contribution is -2.34. The van der Waals surface area contributed by atoms with Crippen LogP contribution in [0.25, 0.3) is 0 Å². The van der Waals surface area contributed by atoms with Crippen molar-refractivity contribution in [2.75, 3.05) is 13.7 Å². The van der Waals surface area contributed by atoms with Gasteiger partial charge in [0.15, 0.2) is 0 Å². The Bertz CT molecular complexity index is 427. The van der Waals surface area contributed by atoms with Crippen molar-refractivity contribution in [2.45, 2.75) is 44.6 Å². The van der Waals surface area contributed by atoms with E-state index in [1.165, 1.54) is 44.1 Å². The van der Waals surface area contributed by atoms with E-state index >= 15 is 0 Å². The van der Waals surface area contributed by atoms with E-state index in [1.807, 2.05) is 31.3 Å². The van der Waals surface area contributed by atoms with Crippen molar-refractivity contribution in [3.63, 3.8) is 0 Å². The molecule has 0 aliphatic heterocycles. The molecule has 1 atom stereocenters. The Labute approximate surface area is 127 Å². The molecule has 1 aliphatic rings. The highest BCUT2D eigenvalue weighted by Gasteiger charge is 2.14. The van der Waals surface area contributed by atoms with Gasteiger partial charge >= 0.3 is 0 Å². The van der Waals surface area contributed by atoms with Gasteiger partial charge in [0.25, 0.3) is 0 Å². The molecule has 2 rings (SSSR count). The van der Waals surface area contributed by atoms with Crippen LogP contribution in [-0.4, -0.2) is 19.7 Å². The summed E-state index contributed by atoms with van der Waals surface area (Å²) in [5.41, 5.74) is 1.50. The Morgan fingerprint density at radius 3 is 2.65 bits per heavy atom. The molecular formula is C17H24ClNO. The zero-order chi connectivity index (χ0) is 14.2. The van der Waals surface area contributed by atoms with Gasteiger partial charge in [-0.1, -0.05) is 36.1 Å². The molecule has 1 aromatic rings. The maximum atomic E-state index is 5.88. The van der Waals surface area contributed by atoms with Gasteiger partial charge in [-0.25, -0.2) is 0 Å². The summed E-state index contributed by atoms with van der Waals surface area (Å²) < 4.78 is 5.88. The van der Waals surface area contributed by atoms with Gasteiger partial charge in [-0.2, -0.15) is 0 Å². The number of nitrogens with one attached hydrogen (secondary N) is 1. The third-order valence-corrected chi connectivity index (χ3v) is 4.10. The minimum atomic E-state index is 0.309. The average molecular weight is 294 g/mol. The largest absolute Gasteiger partial charge is 0.492 e. The van der Waals surface area contributed by atoms with Crippen molar-refractivity contribution in [3.8, 4) is 5.75 Å². The van der Waals surface area contributed by atoms with Crippen molar-refractivity contribution in [1.29, 1.82) is 0 Å². The molecule has 1 aromatic carbocycles. The maximum absolute atomic E-state index is 5.88. The zero-order valence-corrected chi connectivity index (χ0v) is 13.0. The lowest BCUT2D eigenvalue weighted by atomic mass is 9.95. The van der Waals surface area contributed by atoms with Gasteiger partial charge in [0, 0.05) is 5.02 Å². The molecule has 2 nitrogen and oxygen atoms in total. The fourth-order valence-electron chi connectivity index (χ4n) is 2.62. The van der Waals surface area contributed by atoms with Gasteiger partial charge in [0.05, 0.1) is 6.04 Å². The van der Waals surface area contributed by atoms with Gasteiger partial charge < -0.3 is 10.1 Å². The second-order valence-corrected chi connectivity index (χ2v) is 5.77. The van der Waals surface area contributed by atoms with E-state index in [0.717, 1.165) is 10.8 Å². The van der Waals surface area contributed by atoms with Gasteiger partial charge in [-0.3, -0.25) is 0 Å². The number of halogens is 1. The molecule has 1 unspecified atom stereocenters. The van der Waals surface area contributed by atoms with Crippen molar-refractivity contribution >= 4 is 11.6 Å². The minimum absolute atomic E-state index is 0.309. The lowest BCUT2D eigenvalue weighted by molar-refractivity contribution is 0.283. The topological polar surface area (TPSA) is 21.3 Å². The van der Waals surface area contributed by atoms with E-state index in [9.17, 15) is 0 Å². The van der Waals surface area contributed by atoms with Crippen LogP contribution in [0, 0.1) is 0 Å². The van der Waals surface area contributed by atoms with Crippen molar-refractivity contribution < 1.29 is 4.74 Å². The summed E-state index contributed by atoms with van der Waals surface area (Å²) in [4.78, 5) is 0. The summed E-state index contributed by atoms with van der Waals surface area (Å²) in [5.74, 6) is 0.876. The second-order valence-electron chi connectivity index (χ2n) is 5.34. The summed E-state index contributed by atoms with van der Waals surface area (Å²) in [5, 5.41) is 4.12. The Kier molecular flexibility index (Phi) is 6.41. The zero-order valence-electron chi connectivity index (χ0n) is 12.2. The van der Waals surface area contributed by atoms with E-state index in [2.05, 4.69) is 11.4 Å². The predicted molar refractivity (Wildman–Crippen MR) is 85.6 cm³/mol. The Morgan fingerprint density at radius 1 is 1.15 bits per heavy atom. The molecule has 0 spiro atoms. The number of hydrogen-bond donors (Lipinski definition) is 1. The molecule has 0 bridgehead atoms. The number of hydrogen-bond acceptors (Lipinski definition) is 2. The summed E-state index contributed by atoms with van der Waals surface area (Å²) in [6.45, 7) is 0.671. The van der Waals surface area contributed by atoms with Crippen LogP contribution in [0.1, 0.15) is 38.5 Å². The monoisotopic (exact) mass is 293 g/mol. The SMILES string of the molecule is CNC(COc1ccc(Cl)cc1)/C1=C/CCCCCC1. The van der Waals surface area contributed by atoms with E-state index in [-0.39, 0.29) is 0 Å². The summed E-state index contributed by atoms with van der Waals surface area (Å²) in [6.07, 6.45) is 10.1. The van der Waals surface area contributed by atoms with E-state index < -0.39 is 0 Å². The molecule has 0 aromatic heterocycles. The number of allylic oxidation sites excluding steroid dienone is 1. The van der Waals surface area contributed by atoms with Crippen LogP contribution >= 0.6 is 11.6 Å². The van der Waals surface area contributed by atoms with Gasteiger partial charge in [0.1, 0.15) is 12.4 Å². The van der Waals surface area contributed by atoms with Crippen LogP contribution in [0.15, 0.2) is 35.9 Å². The molecule has 1 aliphatic carbocycles. The average Bonchev–Trinajstić information content (AvgIpc) is 2.43. The molecule has 3 heteroatoms. The standard InChI is InChI=1S/C17H24ClNO/c1-19-17(14-7-5-3-2-4-6-8-14)13-20-16-11-9-15(18)10-12-16/h7,9-12,17,19H,2-6,8,13H2,1H3/b14-7+. The summed E-state index contributed by atoms with van der Waals surface area (Å²) >= 11 is 5.88. The summed E-state index contributed by atoms with van der Waals surface area (Å²) in [6, 6.07) is 7.87. The van der Waals surface area contributed by atoms with Gasteiger partial charge in [-0.15, -0.1) is 0 Å². The molecule has 20 heavy (non-hydrogen) atoms. The van der Waals surface area contributed by atoms with Crippen LogP contribution in [0.4, 0.5) is 0 Å². The molecule has 110 valence electrons. The number of rotatable bonds is 5. The highest BCUT2D eigenvalue weighted by atomic mass is 35.5. The third kappa shape index (κ3) is 4.84. The first-order valence-electron chi connectivity index (χ1n) is 7.54. The molecule has 0 heterocycles. The third-order valence-electron chi connectivity index (χ3n) is 3.85. The Hall–Kier alpha value is -0.990. The lowest BCUT2D eigenvalue weighted by Gasteiger charge is -2.22. The predicted octanol–water partition coefficient (Wildman–Crippen LogP) is 4.59. The number of ether oxygens (including phenoxy) is 1. The van der Waals surface area contributed by atoms with Crippen molar-refractivity contribution in [2.24, 2.45) is 0 Å². The summed E-state index contributed by atoms with van der Waals surface area (Å²) in [7, 11) is 2.01. The smallest absolute Gasteiger partial charge is 0.119 e. The maximum Gasteiger partial charge on any atom is 0.119 e. The van der Waals surface area contributed by atoms with Gasteiger partial charge in [-0.05, 0) is 57.0 Å². The fraction of sp³-hybridized carbons (Fsp3) is 0.529. The fourth-order valence-corrected chi connectivity index (χ4v) is 2.75. The van der Waals surface area contributed by atoms with E-state index in [1.54, 1.807) is 0 Å². The molecule has 0 radical (unpaired) electrons. The molecule has 0 saturated carbocycles. The normalized spacial score (nSPS) is 20.4. The van der Waals surface area contributed by atoms with Crippen LogP contribution < -0.4 is 10.1 Å². The molecule has 0 amide bonds. The van der Waals surface area contributed by atoms with Crippen molar-refractivity contribution in [1.82, 2.24) is 5.32 Å². The van der Waals surface area contributed by atoms with Crippen LogP contribution in [0.3, 0.4) is 0 Å². The Balaban J connectivity index is 1.92. The molecule has 0 saturated heterocycles. The highest BCUT2D eigenvalue weighted by Crippen LogP contribution is 2.21. The first kappa shape index (κ1) is 15.4. The van der Waals surface area contributed by atoms with Gasteiger partial charge in [0.2, 0.25) is 0 Å². The number of benzene rings is 1. The highest BCUT2D eigenvalue weighted by molar-refractivity contribution is 6.30. The molecule has 1 N–H and O–H groups in total. The first-order valence-corrected chi connectivity index (χ1v) is 7.92. The minimum Gasteiger partial charge on any atom is -0.492 e. The van der Waals surface area contributed by atoms with E-state index in [0.29, 0.717) is 12.6 Å². The van der Waals surface area contributed by atoms with E-state index in [4.69, 9.17) is 16.3 Å². The number of likely N-dealkylation sites (N-methyl/N-ethyl adjacent to an activating group) is 1. The van der Waals surface area contributed by atoms with Crippen LogP contribution in [0.2, 0.25) is 5.02 Å². The molecule has 0 fully saturated rings. The molecular weight excluding hydrogens is 270 g/mol. The van der Waals surface area contributed by atoms with Crippen LogP contribution in [0.5, 0.6) is 5.75 Å². The van der Waals surface area contributed by atoms with Crippen LogP contribution in [-0.2, 0) is 0 Å². The quantitative estimate of drug-likeness (QED) is 0.802. The van der Waals surface area contributed by atoms with Crippen molar-refractivity contribution in [3.05, 3.63) is 40.9 Å².